The van der Waals surface area contributed by atoms with Crippen LogP contribution in [-0.2, 0) is 16.0 Å². The molecule has 0 saturated heterocycles. The first-order valence-corrected chi connectivity index (χ1v) is 5.40. The minimum absolute atomic E-state index is 0. The molecule has 1 rings (SSSR count). The minimum Gasteiger partial charge on any atom is -0.383 e. The summed E-state index contributed by atoms with van der Waals surface area (Å²) >= 11 is 0. The van der Waals surface area contributed by atoms with E-state index in [1.165, 1.54) is 19.2 Å². The monoisotopic (exact) mass is 276 g/mol. The van der Waals surface area contributed by atoms with Crippen LogP contribution in [0.15, 0.2) is 24.3 Å². The molecule has 0 heterocycles. The highest BCUT2D eigenvalue weighted by Gasteiger charge is 2.11. The zero-order chi connectivity index (χ0) is 12.7. The lowest BCUT2D eigenvalue weighted by Crippen LogP contribution is -2.44. The number of hydrogen-bond donors (Lipinski definition) is 2. The van der Waals surface area contributed by atoms with Gasteiger partial charge in [-0.05, 0) is 24.1 Å². The quantitative estimate of drug-likeness (QED) is 0.811. The summed E-state index contributed by atoms with van der Waals surface area (Å²) in [6, 6.07) is 5.53. The van der Waals surface area contributed by atoms with Crippen molar-refractivity contribution in [2.24, 2.45) is 5.73 Å². The second-order valence-electron chi connectivity index (χ2n) is 3.73. The Balaban J connectivity index is 0.00000289. The lowest BCUT2D eigenvalue weighted by molar-refractivity contribution is -0.123. The third-order valence-corrected chi connectivity index (χ3v) is 2.31. The van der Waals surface area contributed by atoms with Crippen LogP contribution >= 0.6 is 12.4 Å². The van der Waals surface area contributed by atoms with Crippen LogP contribution in [0.3, 0.4) is 0 Å². The van der Waals surface area contributed by atoms with Crippen molar-refractivity contribution in [3.8, 4) is 0 Å². The molecule has 1 amide bonds. The number of hydrogen-bond acceptors (Lipinski definition) is 3. The van der Waals surface area contributed by atoms with Crippen molar-refractivity contribution in [2.45, 2.75) is 12.5 Å². The summed E-state index contributed by atoms with van der Waals surface area (Å²) < 4.78 is 17.4. The molecule has 102 valence electrons. The fraction of sp³-hybridized carbons (Fsp3) is 0.417. The Morgan fingerprint density at radius 1 is 1.44 bits per heavy atom. The molecule has 0 aliphatic carbocycles. The molecule has 0 aromatic heterocycles. The van der Waals surface area contributed by atoms with Gasteiger partial charge in [-0.3, -0.25) is 4.79 Å². The number of methoxy groups -OCH3 is 1. The molecule has 1 unspecified atom stereocenters. The Kier molecular flexibility index (Phi) is 8.28. The van der Waals surface area contributed by atoms with Crippen molar-refractivity contribution >= 4 is 18.3 Å². The van der Waals surface area contributed by atoms with Crippen molar-refractivity contribution in [1.29, 1.82) is 0 Å². The molecule has 0 spiro atoms. The minimum atomic E-state index is -0.645. The predicted octanol–water partition coefficient (Wildman–Crippen LogP) is 0.880. The summed E-state index contributed by atoms with van der Waals surface area (Å²) in [7, 11) is 1.49. The van der Waals surface area contributed by atoms with Crippen molar-refractivity contribution in [1.82, 2.24) is 5.32 Å². The maximum atomic E-state index is 12.6. The maximum Gasteiger partial charge on any atom is 0.239 e. The van der Waals surface area contributed by atoms with Crippen LogP contribution in [0.2, 0.25) is 0 Å². The van der Waals surface area contributed by atoms with Crippen molar-refractivity contribution in [2.75, 3.05) is 20.3 Å². The number of carbonyl (C=O) groups is 1. The normalized spacial score (nSPS) is 11.5. The summed E-state index contributed by atoms with van der Waals surface area (Å²) in [6.07, 6.45) is 0.645. The van der Waals surface area contributed by atoms with Crippen LogP contribution in [0.4, 0.5) is 4.39 Å². The number of halogens is 2. The summed E-state index contributed by atoms with van der Waals surface area (Å²) in [5, 5.41) is 2.69. The lowest BCUT2D eigenvalue weighted by Gasteiger charge is -2.11. The summed E-state index contributed by atoms with van der Waals surface area (Å²) in [6.45, 7) is 0.671. The highest BCUT2D eigenvalue weighted by atomic mass is 35.5. The molecule has 18 heavy (non-hydrogen) atoms. The van der Waals surface area contributed by atoms with Gasteiger partial charge in [0.05, 0.1) is 6.61 Å². The van der Waals surface area contributed by atoms with Crippen LogP contribution in [0, 0.1) is 5.82 Å². The molecular formula is C12H18ClFN2O2. The van der Waals surface area contributed by atoms with Crippen molar-refractivity contribution in [3.63, 3.8) is 0 Å². The van der Waals surface area contributed by atoms with E-state index in [2.05, 4.69) is 5.32 Å². The number of carbonyl (C=O) groups excluding carboxylic acids is 1. The van der Waals surface area contributed by atoms with Crippen LogP contribution < -0.4 is 11.1 Å². The number of rotatable bonds is 6. The molecule has 0 aliphatic heterocycles. The van der Waals surface area contributed by atoms with Gasteiger partial charge >= 0.3 is 0 Å². The third-order valence-electron chi connectivity index (χ3n) is 2.31. The lowest BCUT2D eigenvalue weighted by atomic mass is 10.1. The van der Waals surface area contributed by atoms with E-state index in [4.69, 9.17) is 10.5 Å². The number of nitrogens with two attached hydrogens (primary N) is 1. The van der Waals surface area contributed by atoms with E-state index in [-0.39, 0.29) is 30.7 Å². The van der Waals surface area contributed by atoms with E-state index in [9.17, 15) is 9.18 Å². The molecule has 6 heteroatoms. The Labute approximate surface area is 112 Å². The molecule has 3 N–H and O–H groups in total. The summed E-state index contributed by atoms with van der Waals surface area (Å²) in [5.41, 5.74) is 6.51. The van der Waals surface area contributed by atoms with Gasteiger partial charge in [0.15, 0.2) is 0 Å². The highest BCUT2D eigenvalue weighted by Crippen LogP contribution is 2.02. The van der Waals surface area contributed by atoms with Crippen LogP contribution in [0.5, 0.6) is 0 Å². The first-order valence-electron chi connectivity index (χ1n) is 5.40. The van der Waals surface area contributed by atoms with Gasteiger partial charge in [0.2, 0.25) is 5.91 Å². The van der Waals surface area contributed by atoms with E-state index in [1.54, 1.807) is 12.1 Å². The van der Waals surface area contributed by atoms with E-state index < -0.39 is 6.04 Å². The smallest absolute Gasteiger partial charge is 0.239 e. The SMILES string of the molecule is COCC(N)C(=O)NCCc1ccc(F)cc1.Cl. The molecule has 1 aromatic rings. The van der Waals surface area contributed by atoms with E-state index >= 15 is 0 Å². The topological polar surface area (TPSA) is 64.3 Å². The van der Waals surface area contributed by atoms with E-state index in [1.807, 2.05) is 0 Å². The molecule has 0 fully saturated rings. The molecule has 0 radical (unpaired) electrons. The molecular weight excluding hydrogens is 259 g/mol. The first-order chi connectivity index (χ1) is 8.13. The van der Waals surface area contributed by atoms with Crippen molar-refractivity contribution in [3.05, 3.63) is 35.6 Å². The molecule has 0 saturated carbocycles. The number of amides is 1. The van der Waals surface area contributed by atoms with E-state index in [0.29, 0.717) is 13.0 Å². The largest absolute Gasteiger partial charge is 0.383 e. The van der Waals surface area contributed by atoms with Crippen LogP contribution in [-0.4, -0.2) is 32.2 Å². The van der Waals surface area contributed by atoms with Crippen LogP contribution in [0.25, 0.3) is 0 Å². The second kappa shape index (κ2) is 8.85. The fourth-order valence-corrected chi connectivity index (χ4v) is 1.37. The number of ether oxygens (including phenoxy) is 1. The Morgan fingerprint density at radius 2 is 2.06 bits per heavy atom. The van der Waals surface area contributed by atoms with E-state index in [0.717, 1.165) is 5.56 Å². The average molecular weight is 277 g/mol. The summed E-state index contributed by atoms with van der Waals surface area (Å²) in [4.78, 5) is 11.4. The first kappa shape index (κ1) is 16.8. The number of benzene rings is 1. The Morgan fingerprint density at radius 3 is 2.61 bits per heavy atom. The maximum absolute atomic E-state index is 12.6. The second-order valence-corrected chi connectivity index (χ2v) is 3.73. The van der Waals surface area contributed by atoms with Gasteiger partial charge < -0.3 is 15.8 Å². The van der Waals surface area contributed by atoms with Gasteiger partial charge in [-0.2, -0.15) is 0 Å². The zero-order valence-electron chi connectivity index (χ0n) is 10.2. The number of nitrogens with one attached hydrogen (secondary N) is 1. The van der Waals surface area contributed by atoms with Gasteiger partial charge in [-0.25, -0.2) is 4.39 Å². The fourth-order valence-electron chi connectivity index (χ4n) is 1.37. The average Bonchev–Trinajstić information content (AvgIpc) is 2.32. The third kappa shape index (κ3) is 5.95. The van der Waals surface area contributed by atoms with Gasteiger partial charge in [0.25, 0.3) is 0 Å². The predicted molar refractivity (Wildman–Crippen MR) is 70.2 cm³/mol. The standard InChI is InChI=1S/C12H17FN2O2.ClH/c1-17-8-11(14)12(16)15-7-6-9-2-4-10(13)5-3-9;/h2-5,11H,6-8,14H2,1H3,(H,15,16);1H. The van der Waals surface area contributed by atoms with Gasteiger partial charge in [0.1, 0.15) is 11.9 Å². The van der Waals surface area contributed by atoms with Crippen molar-refractivity contribution < 1.29 is 13.9 Å². The van der Waals surface area contributed by atoms with Crippen LogP contribution in [0.1, 0.15) is 5.56 Å². The molecule has 4 nitrogen and oxygen atoms in total. The molecule has 0 bridgehead atoms. The Hall–Kier alpha value is -1.17. The summed E-state index contributed by atoms with van der Waals surface area (Å²) in [5.74, 6) is -0.506. The zero-order valence-corrected chi connectivity index (χ0v) is 11.0. The Bertz CT molecular complexity index is 360. The molecule has 0 aliphatic rings. The highest BCUT2D eigenvalue weighted by molar-refractivity contribution is 5.85. The molecule has 1 atom stereocenters. The van der Waals surface area contributed by atoms with Gasteiger partial charge in [-0.15, -0.1) is 12.4 Å². The molecule has 1 aromatic carbocycles. The van der Waals surface area contributed by atoms with Gasteiger partial charge in [-0.1, -0.05) is 12.1 Å². The van der Waals surface area contributed by atoms with Gasteiger partial charge in [0, 0.05) is 13.7 Å².